The van der Waals surface area contributed by atoms with Crippen molar-refractivity contribution in [3.63, 3.8) is 0 Å². The Morgan fingerprint density at radius 1 is 1.03 bits per heavy atom. The average Bonchev–Trinajstić information content (AvgIpc) is 3.27. The zero-order valence-corrected chi connectivity index (χ0v) is 18.0. The summed E-state index contributed by atoms with van der Waals surface area (Å²) in [6.07, 6.45) is 5.59. The quantitative estimate of drug-likeness (QED) is 0.379. The van der Waals surface area contributed by atoms with Crippen LogP contribution in [0.4, 0.5) is 0 Å². The second-order valence-corrected chi connectivity index (χ2v) is 8.05. The fraction of sp³-hybridized carbons (Fsp3) is 0.522. The molecule has 2 rings (SSSR count). The lowest BCUT2D eigenvalue weighted by molar-refractivity contribution is -0.132. The minimum atomic E-state index is -0.931. The van der Waals surface area contributed by atoms with Gasteiger partial charge >= 0.3 is 0 Å². The molecule has 1 saturated carbocycles. The van der Waals surface area contributed by atoms with E-state index in [4.69, 9.17) is 5.41 Å². The van der Waals surface area contributed by atoms with Crippen LogP contribution in [-0.4, -0.2) is 41.8 Å². The Labute approximate surface area is 183 Å². The van der Waals surface area contributed by atoms with E-state index in [1.165, 1.54) is 6.92 Å². The summed E-state index contributed by atoms with van der Waals surface area (Å²) >= 11 is 0. The number of nitrogens with one attached hydrogen (secondary N) is 4. The van der Waals surface area contributed by atoms with Crippen molar-refractivity contribution in [2.45, 2.75) is 70.5 Å². The second kappa shape index (κ2) is 12.6. The third kappa shape index (κ3) is 8.70. The molecule has 1 fully saturated rings. The van der Waals surface area contributed by atoms with Gasteiger partial charge in [-0.2, -0.15) is 0 Å². The summed E-state index contributed by atoms with van der Waals surface area (Å²) in [5.41, 5.74) is 0.911. The molecular formula is C23H32N4O4. The van der Waals surface area contributed by atoms with Crippen molar-refractivity contribution in [1.29, 1.82) is 5.41 Å². The number of amides is 3. The second-order valence-electron chi connectivity index (χ2n) is 8.05. The van der Waals surface area contributed by atoms with Crippen molar-refractivity contribution >= 4 is 29.7 Å². The summed E-state index contributed by atoms with van der Waals surface area (Å²) < 4.78 is 0. The molecule has 168 valence electrons. The largest absolute Gasteiger partial charge is 0.350 e. The molecule has 2 atom stereocenters. The molecule has 0 heterocycles. The summed E-state index contributed by atoms with van der Waals surface area (Å²) in [6.45, 7) is 1.66. The van der Waals surface area contributed by atoms with Gasteiger partial charge in [-0.05, 0) is 24.3 Å². The van der Waals surface area contributed by atoms with Crippen LogP contribution in [-0.2, 0) is 25.7 Å². The Hall–Kier alpha value is -3.03. The summed E-state index contributed by atoms with van der Waals surface area (Å²) in [5.74, 6) is -1.18. The van der Waals surface area contributed by atoms with Crippen molar-refractivity contribution in [2.24, 2.45) is 5.92 Å². The predicted molar refractivity (Wildman–Crippen MR) is 117 cm³/mol. The maximum absolute atomic E-state index is 12.9. The molecule has 8 heteroatoms. The molecule has 8 nitrogen and oxygen atoms in total. The summed E-state index contributed by atoms with van der Waals surface area (Å²) in [6, 6.07) is 7.71. The maximum atomic E-state index is 12.9. The van der Waals surface area contributed by atoms with Crippen LogP contribution in [0.15, 0.2) is 30.3 Å². The highest BCUT2D eigenvalue weighted by atomic mass is 16.2. The van der Waals surface area contributed by atoms with Crippen LogP contribution in [0, 0.1) is 11.3 Å². The van der Waals surface area contributed by atoms with Crippen molar-refractivity contribution in [2.75, 3.05) is 0 Å². The molecule has 1 aromatic rings. The fourth-order valence-corrected chi connectivity index (χ4v) is 3.86. The monoisotopic (exact) mass is 428 g/mol. The van der Waals surface area contributed by atoms with Crippen LogP contribution < -0.4 is 16.0 Å². The maximum Gasteiger partial charge on any atom is 0.243 e. The number of carbonyl (C=O) groups excluding carboxylic acids is 4. The third-order valence-electron chi connectivity index (χ3n) is 5.52. The first-order valence-corrected chi connectivity index (χ1v) is 10.8. The molecule has 0 saturated heterocycles. The van der Waals surface area contributed by atoms with E-state index in [9.17, 15) is 19.2 Å². The minimum absolute atomic E-state index is 0.0272. The van der Waals surface area contributed by atoms with Gasteiger partial charge in [0, 0.05) is 19.9 Å². The van der Waals surface area contributed by atoms with Crippen LogP contribution >= 0.6 is 0 Å². The SMILES string of the molecule is CC(=O)N[C@@H](CC1CCCC1)C(=O)N[C@@H](CCC(=O)C=N)C(=O)NCc1ccccc1. The normalized spacial score (nSPS) is 15.5. The van der Waals surface area contributed by atoms with E-state index in [2.05, 4.69) is 16.0 Å². The van der Waals surface area contributed by atoms with Crippen molar-refractivity contribution in [3.05, 3.63) is 35.9 Å². The Kier molecular flexibility index (Phi) is 9.87. The molecular weight excluding hydrogens is 396 g/mol. The van der Waals surface area contributed by atoms with Crippen LogP contribution in [0.25, 0.3) is 0 Å². The third-order valence-corrected chi connectivity index (χ3v) is 5.52. The molecule has 1 aliphatic rings. The van der Waals surface area contributed by atoms with Gasteiger partial charge < -0.3 is 21.4 Å². The highest BCUT2D eigenvalue weighted by Gasteiger charge is 2.29. The first-order chi connectivity index (χ1) is 14.9. The Balaban J connectivity index is 2.03. The highest BCUT2D eigenvalue weighted by Crippen LogP contribution is 2.28. The zero-order chi connectivity index (χ0) is 22.6. The lowest BCUT2D eigenvalue weighted by Crippen LogP contribution is -2.53. The van der Waals surface area contributed by atoms with E-state index in [1.807, 2.05) is 30.3 Å². The van der Waals surface area contributed by atoms with Gasteiger partial charge in [0.15, 0.2) is 5.78 Å². The molecule has 0 radical (unpaired) electrons. The van der Waals surface area contributed by atoms with Crippen LogP contribution in [0.1, 0.15) is 57.4 Å². The molecule has 0 aromatic heterocycles. The fourth-order valence-electron chi connectivity index (χ4n) is 3.86. The van der Waals surface area contributed by atoms with Crippen molar-refractivity contribution in [1.82, 2.24) is 16.0 Å². The van der Waals surface area contributed by atoms with Crippen LogP contribution in [0.2, 0.25) is 0 Å². The smallest absolute Gasteiger partial charge is 0.243 e. The van der Waals surface area contributed by atoms with E-state index in [-0.39, 0.29) is 18.7 Å². The number of rotatable bonds is 12. The molecule has 0 aliphatic heterocycles. The average molecular weight is 429 g/mol. The lowest BCUT2D eigenvalue weighted by atomic mass is 9.97. The van der Waals surface area contributed by atoms with E-state index >= 15 is 0 Å². The highest BCUT2D eigenvalue weighted by molar-refractivity contribution is 6.26. The first-order valence-electron chi connectivity index (χ1n) is 10.8. The molecule has 0 bridgehead atoms. The molecule has 31 heavy (non-hydrogen) atoms. The van der Waals surface area contributed by atoms with Crippen molar-refractivity contribution < 1.29 is 19.2 Å². The number of ketones is 1. The number of hydrogen-bond donors (Lipinski definition) is 4. The molecule has 3 amide bonds. The Morgan fingerprint density at radius 2 is 1.71 bits per heavy atom. The van der Waals surface area contributed by atoms with Gasteiger partial charge in [0.2, 0.25) is 17.7 Å². The van der Waals surface area contributed by atoms with Gasteiger partial charge in [-0.25, -0.2) is 0 Å². The minimum Gasteiger partial charge on any atom is -0.350 e. The summed E-state index contributed by atoms with van der Waals surface area (Å²) in [4.78, 5) is 48.9. The van der Waals surface area contributed by atoms with E-state index in [1.54, 1.807) is 0 Å². The number of hydrogen-bond acceptors (Lipinski definition) is 5. The van der Waals surface area contributed by atoms with Gasteiger partial charge in [-0.1, -0.05) is 56.0 Å². The van der Waals surface area contributed by atoms with E-state index in [0.29, 0.717) is 25.1 Å². The first kappa shape index (κ1) is 24.2. The van der Waals surface area contributed by atoms with Crippen molar-refractivity contribution in [3.8, 4) is 0 Å². The van der Waals surface area contributed by atoms with E-state index < -0.39 is 29.7 Å². The van der Waals surface area contributed by atoms with Crippen LogP contribution in [0.5, 0.6) is 0 Å². The van der Waals surface area contributed by atoms with Gasteiger partial charge in [0.25, 0.3) is 0 Å². The predicted octanol–water partition coefficient (Wildman–Crippen LogP) is 1.87. The summed E-state index contributed by atoms with van der Waals surface area (Å²) in [5, 5.41) is 15.3. The number of carbonyl (C=O) groups is 4. The van der Waals surface area contributed by atoms with Gasteiger partial charge in [0.05, 0.1) is 6.21 Å². The van der Waals surface area contributed by atoms with Gasteiger partial charge in [0.1, 0.15) is 12.1 Å². The summed E-state index contributed by atoms with van der Waals surface area (Å²) in [7, 11) is 0. The topological polar surface area (TPSA) is 128 Å². The van der Waals surface area contributed by atoms with Crippen LogP contribution in [0.3, 0.4) is 0 Å². The molecule has 1 aliphatic carbocycles. The number of benzene rings is 1. The van der Waals surface area contributed by atoms with E-state index in [0.717, 1.165) is 31.2 Å². The Bertz CT molecular complexity index is 775. The lowest BCUT2D eigenvalue weighted by Gasteiger charge is -2.24. The molecule has 1 aromatic carbocycles. The zero-order valence-electron chi connectivity index (χ0n) is 18.0. The van der Waals surface area contributed by atoms with Gasteiger partial charge in [-0.3, -0.25) is 19.2 Å². The Morgan fingerprint density at radius 3 is 2.32 bits per heavy atom. The molecule has 0 unspecified atom stereocenters. The van der Waals surface area contributed by atoms with Gasteiger partial charge in [-0.15, -0.1) is 0 Å². The number of Topliss-reactive ketones (excluding diaryl/α,β-unsaturated/α-hetero) is 1. The molecule has 4 N–H and O–H groups in total. The molecule has 0 spiro atoms. The standard InChI is InChI=1S/C23H32N4O4/c1-16(28)26-21(13-17-7-5-6-8-17)23(31)27-20(12-11-19(29)14-24)22(30)25-15-18-9-3-2-4-10-18/h2-4,9-10,14,17,20-21,24H,5-8,11-13,15H2,1H3,(H,25,30)(H,26,28)(H,27,31)/t20-,21-/m0/s1.